The van der Waals surface area contributed by atoms with Crippen LogP contribution in [0.4, 0.5) is 0 Å². The van der Waals surface area contributed by atoms with Crippen LogP contribution in [-0.2, 0) is 0 Å². The summed E-state index contributed by atoms with van der Waals surface area (Å²) in [5, 5.41) is 7.53. The number of allylic oxidation sites excluding steroid dienone is 1. The fourth-order valence-corrected chi connectivity index (χ4v) is 1.69. The minimum Gasteiger partial charge on any atom is -0.369 e. The molecule has 102 valence electrons. The molecule has 0 amide bonds. The van der Waals surface area contributed by atoms with E-state index in [0.717, 1.165) is 24.0 Å². The molecule has 4 heteroatoms. The molecule has 0 unspecified atom stereocenters. The Morgan fingerprint density at radius 3 is 2.53 bits per heavy atom. The molecule has 19 heavy (non-hydrogen) atoms. The molecule has 0 bridgehead atoms. The van der Waals surface area contributed by atoms with E-state index in [9.17, 15) is 0 Å². The first-order valence-electron chi connectivity index (χ1n) is 6.60. The molecule has 4 N–H and O–H groups in total. The van der Waals surface area contributed by atoms with Crippen molar-refractivity contribution >= 4 is 18.3 Å². The van der Waals surface area contributed by atoms with E-state index in [1.54, 1.807) is 6.21 Å². The number of unbranched alkanes of at least 4 members (excludes halogenated alkanes) is 2. The number of hydrogen-bond donors (Lipinski definition) is 2. The van der Waals surface area contributed by atoms with Crippen molar-refractivity contribution < 1.29 is 0 Å². The maximum Gasteiger partial charge on any atom is 0.211 e. The topological polar surface area (TPSA) is 76.8 Å². The van der Waals surface area contributed by atoms with Crippen LogP contribution in [0, 0.1) is 0 Å². The Labute approximate surface area is 114 Å². The molecule has 0 aliphatic carbocycles. The van der Waals surface area contributed by atoms with E-state index in [0.29, 0.717) is 0 Å². The summed E-state index contributed by atoms with van der Waals surface area (Å²) in [5.74, 6) is -0.0242. The molecular weight excluding hydrogens is 236 g/mol. The molecular formula is C15H22N4. The quantitative estimate of drug-likeness (QED) is 0.341. The van der Waals surface area contributed by atoms with Crippen molar-refractivity contribution in [3.8, 4) is 0 Å². The summed E-state index contributed by atoms with van der Waals surface area (Å²) in [6.45, 7) is 2.19. The lowest BCUT2D eigenvalue weighted by Crippen LogP contribution is -2.21. The first-order valence-corrected chi connectivity index (χ1v) is 6.60. The Morgan fingerprint density at radius 1 is 1.16 bits per heavy atom. The molecule has 0 atom stereocenters. The minimum absolute atomic E-state index is 0.0242. The highest BCUT2D eigenvalue weighted by molar-refractivity contribution is 5.86. The SMILES string of the molecule is CCCCCC(/C=N\N=C(N)N)=C\c1ccccc1. The van der Waals surface area contributed by atoms with E-state index in [1.807, 2.05) is 18.2 Å². The summed E-state index contributed by atoms with van der Waals surface area (Å²) in [4.78, 5) is 0. The second-order valence-electron chi connectivity index (χ2n) is 4.36. The van der Waals surface area contributed by atoms with Crippen molar-refractivity contribution in [2.75, 3.05) is 0 Å². The lowest BCUT2D eigenvalue weighted by molar-refractivity contribution is 0.724. The Hall–Kier alpha value is -2.10. The number of hydrogen-bond acceptors (Lipinski definition) is 2. The molecule has 0 aliphatic heterocycles. The lowest BCUT2D eigenvalue weighted by atomic mass is 10.1. The Kier molecular flexibility index (Phi) is 7.02. The Morgan fingerprint density at radius 2 is 1.89 bits per heavy atom. The third-order valence-electron chi connectivity index (χ3n) is 2.62. The van der Waals surface area contributed by atoms with Gasteiger partial charge in [0.2, 0.25) is 5.96 Å². The summed E-state index contributed by atoms with van der Waals surface area (Å²) in [7, 11) is 0. The van der Waals surface area contributed by atoms with Crippen LogP contribution in [0.1, 0.15) is 38.2 Å². The zero-order chi connectivity index (χ0) is 13.9. The van der Waals surface area contributed by atoms with Crippen molar-refractivity contribution in [3.05, 3.63) is 41.5 Å². The molecule has 0 radical (unpaired) electrons. The minimum atomic E-state index is -0.0242. The van der Waals surface area contributed by atoms with Crippen LogP contribution in [0.15, 0.2) is 46.1 Å². The van der Waals surface area contributed by atoms with E-state index in [4.69, 9.17) is 11.5 Å². The Balaban J connectivity index is 2.76. The standard InChI is InChI=1S/C15H22N4/c1-2-3-5-10-14(12-18-19-15(16)17)11-13-8-6-4-7-9-13/h4,6-9,11-12H,2-3,5,10H2,1H3,(H4,16,17,19)/b14-11+,18-12-. The molecule has 0 aromatic heterocycles. The monoisotopic (exact) mass is 258 g/mol. The van der Waals surface area contributed by atoms with Crippen molar-refractivity contribution in [2.24, 2.45) is 21.7 Å². The van der Waals surface area contributed by atoms with Crippen molar-refractivity contribution in [3.63, 3.8) is 0 Å². The highest BCUT2D eigenvalue weighted by Crippen LogP contribution is 2.12. The van der Waals surface area contributed by atoms with Crippen LogP contribution in [-0.4, -0.2) is 12.2 Å². The van der Waals surface area contributed by atoms with Gasteiger partial charge in [-0.15, -0.1) is 5.10 Å². The van der Waals surface area contributed by atoms with Crippen molar-refractivity contribution in [2.45, 2.75) is 32.6 Å². The molecule has 0 spiro atoms. The van der Waals surface area contributed by atoms with E-state index >= 15 is 0 Å². The van der Waals surface area contributed by atoms with Crippen LogP contribution >= 0.6 is 0 Å². The van der Waals surface area contributed by atoms with E-state index < -0.39 is 0 Å². The fourth-order valence-electron chi connectivity index (χ4n) is 1.69. The first-order chi connectivity index (χ1) is 9.22. The average Bonchev–Trinajstić information content (AvgIpc) is 2.39. The van der Waals surface area contributed by atoms with Gasteiger partial charge in [-0.2, -0.15) is 5.10 Å². The predicted molar refractivity (Wildman–Crippen MR) is 82.9 cm³/mol. The van der Waals surface area contributed by atoms with Crippen molar-refractivity contribution in [1.82, 2.24) is 0 Å². The predicted octanol–water partition coefficient (Wildman–Crippen LogP) is 2.91. The van der Waals surface area contributed by atoms with Gasteiger partial charge in [0.1, 0.15) is 0 Å². The summed E-state index contributed by atoms with van der Waals surface area (Å²) >= 11 is 0. The van der Waals surface area contributed by atoms with E-state index in [-0.39, 0.29) is 5.96 Å². The maximum atomic E-state index is 5.25. The number of nitrogens with two attached hydrogens (primary N) is 2. The summed E-state index contributed by atoms with van der Waals surface area (Å²) in [5.41, 5.74) is 12.8. The maximum absolute atomic E-state index is 5.25. The number of nitrogens with zero attached hydrogens (tertiary/aromatic N) is 2. The smallest absolute Gasteiger partial charge is 0.211 e. The number of guanidine groups is 1. The molecule has 0 saturated heterocycles. The van der Waals surface area contributed by atoms with Gasteiger partial charge in [-0.1, -0.05) is 56.2 Å². The average molecular weight is 258 g/mol. The highest BCUT2D eigenvalue weighted by Gasteiger charge is 1.96. The summed E-state index contributed by atoms with van der Waals surface area (Å²) in [6, 6.07) is 10.2. The van der Waals surface area contributed by atoms with Gasteiger partial charge < -0.3 is 11.5 Å². The molecule has 0 aliphatic rings. The first kappa shape index (κ1) is 15.0. The van der Waals surface area contributed by atoms with Gasteiger partial charge in [-0.05, 0) is 24.0 Å². The van der Waals surface area contributed by atoms with Gasteiger partial charge in [-0.25, -0.2) is 0 Å². The highest BCUT2D eigenvalue weighted by atomic mass is 15.3. The second kappa shape index (κ2) is 8.91. The normalized spacial score (nSPS) is 11.7. The van der Waals surface area contributed by atoms with Gasteiger partial charge in [0.05, 0.1) is 6.21 Å². The summed E-state index contributed by atoms with van der Waals surface area (Å²) < 4.78 is 0. The van der Waals surface area contributed by atoms with Gasteiger partial charge in [0, 0.05) is 0 Å². The number of benzene rings is 1. The fraction of sp³-hybridized carbons (Fsp3) is 0.333. The number of rotatable bonds is 7. The van der Waals surface area contributed by atoms with Crippen LogP contribution in [0.5, 0.6) is 0 Å². The lowest BCUT2D eigenvalue weighted by Gasteiger charge is -2.01. The van der Waals surface area contributed by atoms with Gasteiger partial charge in [-0.3, -0.25) is 0 Å². The molecule has 0 heterocycles. The zero-order valence-electron chi connectivity index (χ0n) is 11.4. The molecule has 0 saturated carbocycles. The van der Waals surface area contributed by atoms with Crippen LogP contribution in [0.3, 0.4) is 0 Å². The Bertz CT molecular complexity index is 442. The van der Waals surface area contributed by atoms with Crippen LogP contribution in [0.2, 0.25) is 0 Å². The largest absolute Gasteiger partial charge is 0.369 e. The van der Waals surface area contributed by atoms with Crippen LogP contribution < -0.4 is 11.5 Å². The molecule has 1 rings (SSSR count). The second-order valence-corrected chi connectivity index (χ2v) is 4.36. The van der Waals surface area contributed by atoms with E-state index in [1.165, 1.54) is 12.8 Å². The molecule has 1 aromatic rings. The third-order valence-corrected chi connectivity index (χ3v) is 2.62. The zero-order valence-corrected chi connectivity index (χ0v) is 11.4. The van der Waals surface area contributed by atoms with Gasteiger partial charge >= 0.3 is 0 Å². The van der Waals surface area contributed by atoms with Crippen molar-refractivity contribution in [1.29, 1.82) is 0 Å². The molecule has 4 nitrogen and oxygen atoms in total. The van der Waals surface area contributed by atoms with Crippen LogP contribution in [0.25, 0.3) is 6.08 Å². The van der Waals surface area contributed by atoms with Gasteiger partial charge in [0.25, 0.3) is 0 Å². The molecule has 0 fully saturated rings. The van der Waals surface area contributed by atoms with E-state index in [2.05, 4.69) is 35.3 Å². The summed E-state index contributed by atoms with van der Waals surface area (Å²) in [6.07, 6.45) is 8.37. The van der Waals surface area contributed by atoms with Gasteiger partial charge in [0.15, 0.2) is 0 Å². The molecule has 1 aromatic carbocycles. The third kappa shape index (κ3) is 7.03.